The van der Waals surface area contributed by atoms with Gasteiger partial charge in [-0.2, -0.15) is 13.2 Å². The number of hydrogen-bond donors (Lipinski definition) is 1. The Morgan fingerprint density at radius 2 is 1.83 bits per heavy atom. The third-order valence-electron chi connectivity index (χ3n) is 3.87. The van der Waals surface area contributed by atoms with Gasteiger partial charge in [0.05, 0.1) is 5.92 Å². The van der Waals surface area contributed by atoms with Crippen LogP contribution in [0.5, 0.6) is 0 Å². The first-order valence-corrected chi connectivity index (χ1v) is 7.35. The van der Waals surface area contributed by atoms with Gasteiger partial charge < -0.3 is 14.9 Å². The average molecular weight is 346 g/mol. The minimum atomic E-state index is -4.38. The second-order valence-electron chi connectivity index (χ2n) is 5.60. The quantitative estimate of drug-likeness (QED) is 0.887. The molecule has 0 aromatic carbocycles. The molecular weight excluding hydrogens is 329 g/mol. The highest BCUT2D eigenvalue weighted by Gasteiger charge is 2.38. The molecule has 1 N–H and O–H groups in total. The Labute approximate surface area is 136 Å². The molecule has 7 nitrogen and oxygen atoms in total. The van der Waals surface area contributed by atoms with Crippen molar-refractivity contribution in [3.05, 3.63) is 17.8 Å². The number of anilines is 1. The third-order valence-corrected chi connectivity index (χ3v) is 3.87. The van der Waals surface area contributed by atoms with Crippen molar-refractivity contribution in [1.29, 1.82) is 0 Å². The molecule has 0 saturated carbocycles. The number of aromatic nitrogens is 2. The van der Waals surface area contributed by atoms with E-state index in [1.54, 1.807) is 4.90 Å². The molecule has 132 valence electrons. The van der Waals surface area contributed by atoms with Gasteiger partial charge in [0.1, 0.15) is 0 Å². The number of carbonyl (C=O) groups excluding carboxylic acids is 1. The van der Waals surface area contributed by atoms with E-state index in [2.05, 4.69) is 10.2 Å². The lowest BCUT2D eigenvalue weighted by atomic mass is 10.1. The number of hydrogen-bond acceptors (Lipinski definition) is 5. The fourth-order valence-corrected chi connectivity index (χ4v) is 2.30. The molecule has 1 unspecified atom stereocenters. The van der Waals surface area contributed by atoms with Crippen LogP contribution in [-0.2, 0) is 4.79 Å². The predicted molar refractivity (Wildman–Crippen MR) is 77.6 cm³/mol. The highest BCUT2D eigenvalue weighted by atomic mass is 19.4. The molecule has 1 aromatic rings. The summed E-state index contributed by atoms with van der Waals surface area (Å²) in [5.41, 5.74) is -0.172. The fraction of sp³-hybridized carbons (Fsp3) is 0.571. The molecule has 2 heterocycles. The van der Waals surface area contributed by atoms with Gasteiger partial charge in [-0.15, -0.1) is 10.2 Å². The van der Waals surface area contributed by atoms with Crippen molar-refractivity contribution in [3.63, 3.8) is 0 Å². The zero-order valence-corrected chi connectivity index (χ0v) is 13.0. The third kappa shape index (κ3) is 4.33. The number of piperazine rings is 1. The van der Waals surface area contributed by atoms with Crippen LogP contribution in [0.1, 0.15) is 23.8 Å². The number of amides is 1. The number of aromatic carboxylic acids is 1. The van der Waals surface area contributed by atoms with Crippen molar-refractivity contribution in [2.45, 2.75) is 19.5 Å². The Kier molecular flexibility index (Phi) is 5.25. The van der Waals surface area contributed by atoms with Crippen LogP contribution in [0.25, 0.3) is 0 Å². The summed E-state index contributed by atoms with van der Waals surface area (Å²) in [6, 6.07) is 2.84. The predicted octanol–water partition coefficient (Wildman–Crippen LogP) is 1.41. The number of alkyl halides is 3. The summed E-state index contributed by atoms with van der Waals surface area (Å²) in [4.78, 5) is 25.9. The molecule has 1 aromatic heterocycles. The zero-order valence-electron chi connectivity index (χ0n) is 13.0. The van der Waals surface area contributed by atoms with Crippen LogP contribution in [0, 0.1) is 5.92 Å². The van der Waals surface area contributed by atoms with E-state index in [-0.39, 0.29) is 18.8 Å². The van der Waals surface area contributed by atoms with E-state index in [1.165, 1.54) is 17.0 Å². The first-order valence-electron chi connectivity index (χ1n) is 7.35. The number of nitrogens with zero attached hydrogens (tertiary/aromatic N) is 4. The van der Waals surface area contributed by atoms with Gasteiger partial charge in [-0.1, -0.05) is 6.92 Å². The van der Waals surface area contributed by atoms with E-state index in [4.69, 9.17) is 5.11 Å². The molecule has 0 aliphatic carbocycles. The molecule has 1 aliphatic heterocycles. The van der Waals surface area contributed by atoms with Crippen LogP contribution in [0.4, 0.5) is 19.0 Å². The highest BCUT2D eigenvalue weighted by Crippen LogP contribution is 2.28. The number of carboxylic acid groups (broad SMARTS) is 1. The van der Waals surface area contributed by atoms with Crippen molar-refractivity contribution in [2.75, 3.05) is 31.1 Å². The van der Waals surface area contributed by atoms with E-state index in [1.807, 2.05) is 0 Å². The van der Waals surface area contributed by atoms with Gasteiger partial charge in [-0.3, -0.25) is 4.79 Å². The maximum Gasteiger partial charge on any atom is 0.392 e. The Hall–Kier alpha value is -2.39. The summed E-state index contributed by atoms with van der Waals surface area (Å²) in [6.45, 7) is 2.35. The summed E-state index contributed by atoms with van der Waals surface area (Å²) in [7, 11) is 0. The largest absolute Gasteiger partial charge is 0.476 e. The number of halogens is 3. The second kappa shape index (κ2) is 7.02. The normalized spacial score (nSPS) is 16.8. The topological polar surface area (TPSA) is 86.6 Å². The molecule has 2 rings (SSSR count). The lowest BCUT2D eigenvalue weighted by molar-refractivity contribution is -0.176. The van der Waals surface area contributed by atoms with Crippen LogP contribution in [0.15, 0.2) is 12.1 Å². The smallest absolute Gasteiger partial charge is 0.392 e. The molecular formula is C14H17F3N4O3. The maximum atomic E-state index is 12.5. The minimum Gasteiger partial charge on any atom is -0.476 e. The molecule has 24 heavy (non-hydrogen) atoms. The van der Waals surface area contributed by atoms with Gasteiger partial charge >= 0.3 is 12.1 Å². The van der Waals surface area contributed by atoms with Crippen LogP contribution in [0.3, 0.4) is 0 Å². The van der Waals surface area contributed by atoms with Crippen molar-refractivity contribution < 1.29 is 27.9 Å². The highest BCUT2D eigenvalue weighted by molar-refractivity contribution is 5.85. The van der Waals surface area contributed by atoms with E-state index < -0.39 is 30.4 Å². The monoisotopic (exact) mass is 346 g/mol. The summed E-state index contributed by atoms with van der Waals surface area (Å²) in [5.74, 6) is -2.90. The maximum absolute atomic E-state index is 12.5. The molecule has 1 amide bonds. The first-order chi connectivity index (χ1) is 11.2. The summed E-state index contributed by atoms with van der Waals surface area (Å²) in [6.07, 6.45) is -4.93. The summed E-state index contributed by atoms with van der Waals surface area (Å²) < 4.78 is 37.5. The Balaban J connectivity index is 1.89. The lowest BCUT2D eigenvalue weighted by Crippen LogP contribution is -2.49. The molecule has 0 spiro atoms. The van der Waals surface area contributed by atoms with E-state index in [9.17, 15) is 22.8 Å². The van der Waals surface area contributed by atoms with Gasteiger partial charge in [0.25, 0.3) is 0 Å². The number of carboxylic acids is 1. The van der Waals surface area contributed by atoms with Crippen molar-refractivity contribution in [3.8, 4) is 0 Å². The van der Waals surface area contributed by atoms with Crippen LogP contribution in [-0.4, -0.2) is 64.4 Å². The Morgan fingerprint density at radius 3 is 2.29 bits per heavy atom. The van der Waals surface area contributed by atoms with Crippen molar-refractivity contribution >= 4 is 17.7 Å². The van der Waals surface area contributed by atoms with Crippen molar-refractivity contribution in [2.24, 2.45) is 5.92 Å². The lowest BCUT2D eigenvalue weighted by Gasteiger charge is -2.35. The fourth-order valence-electron chi connectivity index (χ4n) is 2.30. The second-order valence-corrected chi connectivity index (χ2v) is 5.60. The number of rotatable bonds is 4. The Morgan fingerprint density at radius 1 is 1.21 bits per heavy atom. The SMILES string of the molecule is CC(CC(=O)N1CCN(c2ccc(C(=O)O)nn2)CC1)C(F)(F)F. The van der Waals surface area contributed by atoms with Gasteiger partial charge in [-0.25, -0.2) is 4.79 Å². The summed E-state index contributed by atoms with van der Waals surface area (Å²) >= 11 is 0. The molecule has 1 atom stereocenters. The van der Waals surface area contributed by atoms with Crippen molar-refractivity contribution in [1.82, 2.24) is 15.1 Å². The molecule has 1 fully saturated rings. The van der Waals surface area contributed by atoms with E-state index in [0.717, 1.165) is 6.92 Å². The van der Waals surface area contributed by atoms with Crippen LogP contribution in [0.2, 0.25) is 0 Å². The van der Waals surface area contributed by atoms with Gasteiger partial charge in [-0.05, 0) is 12.1 Å². The molecule has 1 aliphatic rings. The van der Waals surface area contributed by atoms with Gasteiger partial charge in [0, 0.05) is 32.6 Å². The molecule has 10 heteroatoms. The summed E-state index contributed by atoms with van der Waals surface area (Å²) in [5, 5.41) is 16.2. The zero-order chi connectivity index (χ0) is 17.9. The van der Waals surface area contributed by atoms with Crippen LogP contribution >= 0.6 is 0 Å². The minimum absolute atomic E-state index is 0.172. The average Bonchev–Trinajstić information content (AvgIpc) is 2.54. The molecule has 0 radical (unpaired) electrons. The molecule has 0 bridgehead atoms. The van der Waals surface area contributed by atoms with Gasteiger partial charge in [0.2, 0.25) is 5.91 Å². The Bertz CT molecular complexity index is 598. The van der Waals surface area contributed by atoms with Crippen LogP contribution < -0.4 is 4.90 Å². The first kappa shape index (κ1) is 18.0. The standard InChI is InChI=1S/C14H17F3N4O3/c1-9(14(15,16)17)8-12(22)21-6-4-20(5-7-21)11-3-2-10(13(23)24)18-19-11/h2-3,9H,4-8H2,1H3,(H,23,24). The van der Waals surface area contributed by atoms with Gasteiger partial charge in [0.15, 0.2) is 11.5 Å². The van der Waals surface area contributed by atoms with E-state index in [0.29, 0.717) is 18.9 Å². The van der Waals surface area contributed by atoms with E-state index >= 15 is 0 Å². The number of carbonyl (C=O) groups is 2. The molecule has 1 saturated heterocycles.